The number of halogens is 1. The van der Waals surface area contributed by atoms with Crippen LogP contribution >= 0.6 is 11.8 Å². The number of ether oxygens (including phenoxy) is 1. The van der Waals surface area contributed by atoms with E-state index in [0.29, 0.717) is 36.4 Å². The van der Waals surface area contributed by atoms with Gasteiger partial charge in [0.25, 0.3) is 0 Å². The van der Waals surface area contributed by atoms with Crippen molar-refractivity contribution in [3.05, 3.63) is 66.5 Å². The number of aromatic nitrogens is 3. The summed E-state index contributed by atoms with van der Waals surface area (Å²) in [5.41, 5.74) is 2.00. The Bertz CT molecular complexity index is 1080. The van der Waals surface area contributed by atoms with Gasteiger partial charge in [0.2, 0.25) is 5.91 Å². The van der Waals surface area contributed by atoms with Crippen LogP contribution < -0.4 is 4.74 Å². The van der Waals surface area contributed by atoms with Gasteiger partial charge < -0.3 is 9.64 Å². The number of hydrogen-bond acceptors (Lipinski definition) is 5. The molecule has 1 amide bonds. The molecule has 3 rings (SSSR count). The van der Waals surface area contributed by atoms with Crippen molar-refractivity contribution in [3.63, 3.8) is 0 Å². The van der Waals surface area contributed by atoms with E-state index in [0.717, 1.165) is 16.9 Å². The number of hydrogen-bond donors (Lipinski definition) is 0. The molecule has 6 nitrogen and oxygen atoms in total. The summed E-state index contributed by atoms with van der Waals surface area (Å²) in [6, 6.07) is 13.8. The number of benzene rings is 2. The SMILES string of the molecule is C=C(C)CN(CC)C(=O)CSc1nnc(-c2ccc(OCC)cc2)n1-c1ccccc1F. The molecule has 0 aliphatic rings. The molecule has 8 heteroatoms. The van der Waals surface area contributed by atoms with E-state index in [4.69, 9.17) is 4.74 Å². The van der Waals surface area contributed by atoms with Gasteiger partial charge >= 0.3 is 0 Å². The summed E-state index contributed by atoms with van der Waals surface area (Å²) >= 11 is 1.23. The molecule has 0 saturated heterocycles. The number of para-hydroxylation sites is 1. The van der Waals surface area contributed by atoms with Crippen LogP contribution in [0.5, 0.6) is 5.75 Å². The zero-order chi connectivity index (χ0) is 23.1. The molecule has 0 atom stereocenters. The maximum absolute atomic E-state index is 14.7. The van der Waals surface area contributed by atoms with E-state index in [1.54, 1.807) is 27.7 Å². The van der Waals surface area contributed by atoms with Crippen LogP contribution in [-0.4, -0.2) is 51.0 Å². The highest BCUT2D eigenvalue weighted by Gasteiger charge is 2.21. The third kappa shape index (κ3) is 5.56. The molecule has 32 heavy (non-hydrogen) atoms. The smallest absolute Gasteiger partial charge is 0.233 e. The minimum Gasteiger partial charge on any atom is -0.494 e. The van der Waals surface area contributed by atoms with Gasteiger partial charge in [-0.1, -0.05) is 36.0 Å². The Morgan fingerprint density at radius 1 is 1.16 bits per heavy atom. The van der Waals surface area contributed by atoms with Crippen LogP contribution in [0.15, 0.2) is 65.8 Å². The fourth-order valence-corrected chi connectivity index (χ4v) is 4.03. The number of nitrogens with zero attached hydrogens (tertiary/aromatic N) is 4. The third-order valence-corrected chi connectivity index (χ3v) is 5.58. The van der Waals surface area contributed by atoms with Crippen molar-refractivity contribution >= 4 is 17.7 Å². The second-order valence-corrected chi connectivity index (χ2v) is 8.15. The van der Waals surface area contributed by atoms with Crippen molar-refractivity contribution in [1.29, 1.82) is 0 Å². The molecule has 0 aliphatic carbocycles. The molecule has 0 bridgehead atoms. The zero-order valence-corrected chi connectivity index (χ0v) is 19.4. The van der Waals surface area contributed by atoms with Gasteiger partial charge in [0.15, 0.2) is 11.0 Å². The van der Waals surface area contributed by atoms with Crippen molar-refractivity contribution in [2.75, 3.05) is 25.4 Å². The summed E-state index contributed by atoms with van der Waals surface area (Å²) in [7, 11) is 0. The molecule has 0 aliphatic heterocycles. The van der Waals surface area contributed by atoms with Crippen LogP contribution in [0.2, 0.25) is 0 Å². The molecule has 168 valence electrons. The lowest BCUT2D eigenvalue weighted by molar-refractivity contribution is -0.127. The van der Waals surface area contributed by atoms with E-state index in [1.165, 1.54) is 17.8 Å². The second-order valence-electron chi connectivity index (χ2n) is 7.20. The standard InChI is InChI=1S/C24H27FN4O2S/c1-5-28(15-17(3)4)22(30)16-32-24-27-26-23(18-11-13-19(14-12-18)31-6-2)29(24)21-10-8-7-9-20(21)25/h7-14H,3,5-6,15-16H2,1-2,4H3. The van der Waals surface area contributed by atoms with Gasteiger partial charge in [-0.25, -0.2) is 4.39 Å². The predicted octanol–water partition coefficient (Wildman–Crippen LogP) is 4.99. The molecule has 0 saturated carbocycles. The lowest BCUT2D eigenvalue weighted by atomic mass is 10.2. The summed E-state index contributed by atoms with van der Waals surface area (Å²) in [6.45, 7) is 11.3. The zero-order valence-electron chi connectivity index (χ0n) is 18.5. The topological polar surface area (TPSA) is 60.3 Å². The monoisotopic (exact) mass is 454 g/mol. The van der Waals surface area contributed by atoms with Crippen molar-refractivity contribution in [2.45, 2.75) is 25.9 Å². The Hall–Kier alpha value is -3.13. The summed E-state index contributed by atoms with van der Waals surface area (Å²) in [5, 5.41) is 9.04. The lowest BCUT2D eigenvalue weighted by Gasteiger charge is -2.20. The molecular weight excluding hydrogens is 427 g/mol. The Morgan fingerprint density at radius 3 is 2.50 bits per heavy atom. The Morgan fingerprint density at radius 2 is 1.88 bits per heavy atom. The van der Waals surface area contributed by atoms with Crippen LogP contribution in [0.25, 0.3) is 17.1 Å². The molecule has 3 aromatic rings. The number of likely N-dealkylation sites (N-methyl/N-ethyl adjacent to an activating group) is 1. The minimum absolute atomic E-state index is 0.0359. The third-order valence-electron chi connectivity index (χ3n) is 4.67. The van der Waals surface area contributed by atoms with Gasteiger partial charge in [-0.15, -0.1) is 10.2 Å². The van der Waals surface area contributed by atoms with E-state index in [2.05, 4.69) is 16.8 Å². The maximum atomic E-state index is 14.7. The van der Waals surface area contributed by atoms with Crippen molar-refractivity contribution in [1.82, 2.24) is 19.7 Å². The lowest BCUT2D eigenvalue weighted by Crippen LogP contribution is -2.33. The first-order chi connectivity index (χ1) is 15.4. The van der Waals surface area contributed by atoms with Gasteiger partial charge in [-0.05, 0) is 57.2 Å². The van der Waals surface area contributed by atoms with E-state index in [9.17, 15) is 9.18 Å². The fourth-order valence-electron chi connectivity index (χ4n) is 3.19. The molecule has 2 aromatic carbocycles. The summed E-state index contributed by atoms with van der Waals surface area (Å²) < 4.78 is 21.9. The van der Waals surface area contributed by atoms with Gasteiger partial charge in [-0.2, -0.15) is 0 Å². The van der Waals surface area contributed by atoms with Crippen molar-refractivity contribution in [3.8, 4) is 22.8 Å². The first kappa shape index (κ1) is 23.5. The maximum Gasteiger partial charge on any atom is 0.233 e. The average Bonchev–Trinajstić information content (AvgIpc) is 3.20. The highest BCUT2D eigenvalue weighted by molar-refractivity contribution is 7.99. The normalized spacial score (nSPS) is 10.8. The van der Waals surface area contributed by atoms with Crippen LogP contribution in [0.4, 0.5) is 4.39 Å². The quantitative estimate of drug-likeness (QED) is 0.319. The summed E-state index contributed by atoms with van der Waals surface area (Å²) in [4.78, 5) is 14.4. The molecule has 0 fully saturated rings. The minimum atomic E-state index is -0.398. The van der Waals surface area contributed by atoms with Crippen molar-refractivity contribution in [2.24, 2.45) is 0 Å². The molecule has 1 heterocycles. The van der Waals surface area contributed by atoms with Crippen LogP contribution in [0.3, 0.4) is 0 Å². The molecule has 0 unspecified atom stereocenters. The van der Waals surface area contributed by atoms with E-state index < -0.39 is 5.82 Å². The molecule has 0 spiro atoms. The molecule has 0 radical (unpaired) electrons. The van der Waals surface area contributed by atoms with E-state index in [-0.39, 0.29) is 11.7 Å². The number of rotatable bonds is 10. The molecular formula is C24H27FN4O2S. The largest absolute Gasteiger partial charge is 0.494 e. The van der Waals surface area contributed by atoms with Gasteiger partial charge in [0.05, 0.1) is 18.0 Å². The highest BCUT2D eigenvalue weighted by Crippen LogP contribution is 2.30. The Labute approximate surface area is 192 Å². The number of carbonyl (C=O) groups is 1. The predicted molar refractivity (Wildman–Crippen MR) is 126 cm³/mol. The number of carbonyl (C=O) groups excluding carboxylic acids is 1. The van der Waals surface area contributed by atoms with Crippen LogP contribution in [0.1, 0.15) is 20.8 Å². The summed E-state index contributed by atoms with van der Waals surface area (Å²) in [6.07, 6.45) is 0. The molecule has 0 N–H and O–H groups in total. The van der Waals surface area contributed by atoms with Gasteiger partial charge in [0, 0.05) is 18.7 Å². The first-order valence-corrected chi connectivity index (χ1v) is 11.4. The van der Waals surface area contributed by atoms with Crippen LogP contribution in [0, 0.1) is 5.82 Å². The van der Waals surface area contributed by atoms with Crippen LogP contribution in [-0.2, 0) is 4.79 Å². The van der Waals surface area contributed by atoms with E-state index in [1.807, 2.05) is 45.0 Å². The van der Waals surface area contributed by atoms with Gasteiger partial charge in [0.1, 0.15) is 11.6 Å². The van der Waals surface area contributed by atoms with Crippen molar-refractivity contribution < 1.29 is 13.9 Å². The highest BCUT2D eigenvalue weighted by atomic mass is 32.2. The fraction of sp³-hybridized carbons (Fsp3) is 0.292. The average molecular weight is 455 g/mol. The first-order valence-electron chi connectivity index (χ1n) is 10.4. The van der Waals surface area contributed by atoms with Gasteiger partial charge in [-0.3, -0.25) is 9.36 Å². The number of amides is 1. The number of thioether (sulfide) groups is 1. The second kappa shape index (κ2) is 10.9. The summed E-state index contributed by atoms with van der Waals surface area (Å²) in [5.74, 6) is 0.959. The Balaban J connectivity index is 1.94. The molecule has 1 aromatic heterocycles. The Kier molecular flexibility index (Phi) is 8.05. The van der Waals surface area contributed by atoms with E-state index >= 15 is 0 Å².